The van der Waals surface area contributed by atoms with E-state index in [1.54, 1.807) is 7.05 Å². The molecule has 1 aliphatic heterocycles. The summed E-state index contributed by atoms with van der Waals surface area (Å²) in [7, 11) is 1.68. The van der Waals surface area contributed by atoms with E-state index >= 15 is 0 Å². The molecule has 0 aliphatic carbocycles. The normalized spacial score (nSPS) is 16.8. The third kappa shape index (κ3) is 3.31. The fraction of sp³-hybridized carbons (Fsp3) is 0.263. The van der Waals surface area contributed by atoms with Gasteiger partial charge in [0.2, 0.25) is 0 Å². The van der Waals surface area contributed by atoms with Crippen LogP contribution in [0.5, 0.6) is 0 Å². The number of carbonyl (C=O) groups is 1. The molecule has 1 atom stereocenters. The topological polar surface area (TPSA) is 56.1 Å². The van der Waals surface area contributed by atoms with Crippen molar-refractivity contribution in [1.82, 2.24) is 4.90 Å². The summed E-state index contributed by atoms with van der Waals surface area (Å²) >= 11 is 0. The minimum atomic E-state index is -0.136. The smallest absolute Gasteiger partial charge is 0.269 e. The first-order chi connectivity index (χ1) is 11.7. The first-order valence-electron chi connectivity index (χ1n) is 8.03. The van der Waals surface area contributed by atoms with Gasteiger partial charge in [0.25, 0.3) is 5.91 Å². The molecular formula is C19H21N3O2. The van der Waals surface area contributed by atoms with Gasteiger partial charge in [-0.1, -0.05) is 48.5 Å². The Kier molecular flexibility index (Phi) is 4.91. The summed E-state index contributed by atoms with van der Waals surface area (Å²) < 4.78 is 0. The zero-order valence-corrected chi connectivity index (χ0v) is 13.7. The second-order valence-corrected chi connectivity index (χ2v) is 5.81. The zero-order valence-electron chi connectivity index (χ0n) is 13.7. The summed E-state index contributed by atoms with van der Waals surface area (Å²) in [4.78, 5) is 14.1. The quantitative estimate of drug-likeness (QED) is 0.919. The highest BCUT2D eigenvalue weighted by Gasteiger charge is 2.33. The molecule has 2 aromatic rings. The Morgan fingerprint density at radius 2 is 1.79 bits per heavy atom. The van der Waals surface area contributed by atoms with Crippen LogP contribution in [0, 0.1) is 0 Å². The standard InChI is InChI=1S/C19H21N3O2/c1-21(12-13-23)19(24)17-14-18(15-8-4-2-5-9-15)22(20-17)16-10-6-3-7-11-16/h2-11,18,23H,12-14H2,1H3/t18-/m0/s1. The summed E-state index contributed by atoms with van der Waals surface area (Å²) in [6.45, 7) is 0.249. The molecule has 124 valence electrons. The van der Waals surface area contributed by atoms with Gasteiger partial charge < -0.3 is 10.0 Å². The van der Waals surface area contributed by atoms with E-state index in [4.69, 9.17) is 5.11 Å². The molecule has 5 nitrogen and oxygen atoms in total. The third-order valence-corrected chi connectivity index (χ3v) is 4.14. The van der Waals surface area contributed by atoms with Gasteiger partial charge >= 0.3 is 0 Å². The van der Waals surface area contributed by atoms with Crippen molar-refractivity contribution in [2.45, 2.75) is 12.5 Å². The lowest BCUT2D eigenvalue weighted by atomic mass is 10.0. The molecule has 0 spiro atoms. The molecule has 0 fully saturated rings. The lowest BCUT2D eigenvalue weighted by Crippen LogP contribution is -2.34. The number of likely N-dealkylation sites (N-methyl/N-ethyl adjacent to an activating group) is 1. The average molecular weight is 323 g/mol. The number of anilines is 1. The maximum Gasteiger partial charge on any atom is 0.269 e. The molecule has 1 N–H and O–H groups in total. The van der Waals surface area contributed by atoms with Gasteiger partial charge in [0.05, 0.1) is 18.3 Å². The van der Waals surface area contributed by atoms with Crippen LogP contribution in [0.25, 0.3) is 0 Å². The van der Waals surface area contributed by atoms with E-state index < -0.39 is 0 Å². The van der Waals surface area contributed by atoms with Crippen LogP contribution in [-0.2, 0) is 4.79 Å². The Hall–Kier alpha value is -2.66. The van der Waals surface area contributed by atoms with E-state index in [1.807, 2.05) is 53.5 Å². The van der Waals surface area contributed by atoms with Crippen LogP contribution in [0.2, 0.25) is 0 Å². The van der Waals surface area contributed by atoms with E-state index in [0.29, 0.717) is 18.7 Å². The van der Waals surface area contributed by atoms with E-state index in [1.165, 1.54) is 4.90 Å². The average Bonchev–Trinajstić information content (AvgIpc) is 3.08. The Balaban J connectivity index is 1.92. The molecule has 1 heterocycles. The van der Waals surface area contributed by atoms with Crippen LogP contribution >= 0.6 is 0 Å². The van der Waals surface area contributed by atoms with Crippen molar-refractivity contribution in [3.8, 4) is 0 Å². The Morgan fingerprint density at radius 1 is 1.17 bits per heavy atom. The number of hydrogen-bond acceptors (Lipinski definition) is 4. The predicted octanol–water partition coefficient (Wildman–Crippen LogP) is 2.44. The first kappa shape index (κ1) is 16.2. The molecule has 1 amide bonds. The monoisotopic (exact) mass is 323 g/mol. The number of amides is 1. The van der Waals surface area contributed by atoms with Crippen molar-refractivity contribution in [3.05, 3.63) is 66.2 Å². The number of aliphatic hydroxyl groups excluding tert-OH is 1. The molecule has 3 rings (SSSR count). The van der Waals surface area contributed by atoms with Crippen LogP contribution in [-0.4, -0.2) is 41.8 Å². The number of hydrogen-bond donors (Lipinski definition) is 1. The number of para-hydroxylation sites is 1. The maximum absolute atomic E-state index is 12.5. The van der Waals surface area contributed by atoms with E-state index in [-0.39, 0.29) is 18.6 Å². The molecule has 5 heteroatoms. The number of rotatable bonds is 5. The Labute approximate surface area is 141 Å². The number of carbonyl (C=O) groups excluding carboxylic acids is 1. The lowest BCUT2D eigenvalue weighted by Gasteiger charge is -2.23. The van der Waals surface area contributed by atoms with Crippen molar-refractivity contribution >= 4 is 17.3 Å². The number of aliphatic hydroxyl groups is 1. The molecule has 1 aliphatic rings. The van der Waals surface area contributed by atoms with Crippen LogP contribution in [0.1, 0.15) is 18.0 Å². The van der Waals surface area contributed by atoms with Crippen molar-refractivity contribution in [3.63, 3.8) is 0 Å². The molecule has 24 heavy (non-hydrogen) atoms. The van der Waals surface area contributed by atoms with Crippen molar-refractivity contribution < 1.29 is 9.90 Å². The fourth-order valence-corrected chi connectivity index (χ4v) is 2.86. The molecule has 0 bridgehead atoms. The van der Waals surface area contributed by atoms with Crippen LogP contribution in [0.3, 0.4) is 0 Å². The predicted molar refractivity (Wildman–Crippen MR) is 94.9 cm³/mol. The summed E-state index contributed by atoms with van der Waals surface area (Å²) in [5.41, 5.74) is 2.60. The van der Waals surface area contributed by atoms with E-state index in [0.717, 1.165) is 11.3 Å². The highest BCUT2D eigenvalue weighted by atomic mass is 16.3. The second-order valence-electron chi connectivity index (χ2n) is 5.81. The lowest BCUT2D eigenvalue weighted by molar-refractivity contribution is -0.123. The summed E-state index contributed by atoms with van der Waals surface area (Å²) in [5.74, 6) is -0.136. The van der Waals surface area contributed by atoms with Gasteiger partial charge in [-0.3, -0.25) is 9.80 Å². The van der Waals surface area contributed by atoms with Gasteiger partial charge in [-0.15, -0.1) is 0 Å². The Morgan fingerprint density at radius 3 is 2.42 bits per heavy atom. The van der Waals surface area contributed by atoms with E-state index in [2.05, 4.69) is 17.2 Å². The largest absolute Gasteiger partial charge is 0.395 e. The summed E-state index contributed by atoms with van der Waals surface area (Å²) in [5, 5.41) is 15.6. The minimum absolute atomic E-state index is 0.00456. The highest BCUT2D eigenvalue weighted by molar-refractivity contribution is 6.39. The van der Waals surface area contributed by atoms with Gasteiger partial charge in [0, 0.05) is 20.0 Å². The van der Waals surface area contributed by atoms with Crippen LogP contribution in [0.15, 0.2) is 65.8 Å². The first-order valence-corrected chi connectivity index (χ1v) is 8.03. The SMILES string of the molecule is CN(CCO)C(=O)C1=NN(c2ccccc2)[C@H](c2ccccc2)C1. The van der Waals surface area contributed by atoms with Crippen molar-refractivity contribution in [2.75, 3.05) is 25.2 Å². The highest BCUT2D eigenvalue weighted by Crippen LogP contribution is 2.35. The van der Waals surface area contributed by atoms with Gasteiger partial charge in [0.1, 0.15) is 5.71 Å². The summed E-state index contributed by atoms with van der Waals surface area (Å²) in [6, 6.07) is 19.9. The van der Waals surface area contributed by atoms with Gasteiger partial charge in [-0.25, -0.2) is 0 Å². The molecule has 0 saturated heterocycles. The van der Waals surface area contributed by atoms with Crippen LogP contribution in [0.4, 0.5) is 5.69 Å². The van der Waals surface area contributed by atoms with Crippen LogP contribution < -0.4 is 5.01 Å². The van der Waals surface area contributed by atoms with Gasteiger partial charge in [-0.05, 0) is 17.7 Å². The zero-order chi connectivity index (χ0) is 16.9. The molecule has 0 saturated carbocycles. The minimum Gasteiger partial charge on any atom is -0.395 e. The number of benzene rings is 2. The molecular weight excluding hydrogens is 302 g/mol. The van der Waals surface area contributed by atoms with E-state index in [9.17, 15) is 4.79 Å². The summed E-state index contributed by atoms with van der Waals surface area (Å²) in [6.07, 6.45) is 0.549. The molecule has 0 radical (unpaired) electrons. The molecule has 2 aromatic carbocycles. The van der Waals surface area contributed by atoms with Gasteiger partial charge in [-0.2, -0.15) is 5.10 Å². The van der Waals surface area contributed by atoms with Crippen molar-refractivity contribution in [2.24, 2.45) is 5.10 Å². The molecule has 0 unspecified atom stereocenters. The van der Waals surface area contributed by atoms with Crippen molar-refractivity contribution in [1.29, 1.82) is 0 Å². The third-order valence-electron chi connectivity index (χ3n) is 4.14. The Bertz CT molecular complexity index is 716. The molecule has 0 aromatic heterocycles. The second kappa shape index (κ2) is 7.27. The number of nitrogens with zero attached hydrogens (tertiary/aromatic N) is 3. The fourth-order valence-electron chi connectivity index (χ4n) is 2.86. The van der Waals surface area contributed by atoms with Gasteiger partial charge in [0.15, 0.2) is 0 Å². The number of hydrazone groups is 1. The maximum atomic E-state index is 12.5.